The third-order valence-corrected chi connectivity index (χ3v) is 3.05. The number of halogens is 1. The Kier molecular flexibility index (Phi) is 4.75. The van der Waals surface area contributed by atoms with Crippen molar-refractivity contribution in [3.05, 3.63) is 24.0 Å². The van der Waals surface area contributed by atoms with Gasteiger partial charge in [0.05, 0.1) is 11.9 Å². The molecule has 0 unspecified atom stereocenters. The highest BCUT2D eigenvalue weighted by Crippen LogP contribution is 2.22. The summed E-state index contributed by atoms with van der Waals surface area (Å²) in [6.45, 7) is 4.24. The van der Waals surface area contributed by atoms with Gasteiger partial charge in [0.1, 0.15) is 5.82 Å². The van der Waals surface area contributed by atoms with Crippen molar-refractivity contribution in [1.29, 1.82) is 0 Å². The van der Waals surface area contributed by atoms with Gasteiger partial charge in [0.25, 0.3) is 0 Å². The predicted octanol–water partition coefficient (Wildman–Crippen LogP) is 1.63. The van der Waals surface area contributed by atoms with Gasteiger partial charge in [-0.15, -0.1) is 0 Å². The number of hydrogen-bond donors (Lipinski definition) is 3. The molecule has 108 valence electrons. The van der Waals surface area contributed by atoms with E-state index in [9.17, 15) is 12.8 Å². The lowest BCUT2D eigenvalue weighted by Gasteiger charge is -2.22. The lowest BCUT2D eigenvalue weighted by Crippen LogP contribution is -2.26. The SMILES string of the molecule is CC(C)(CO)CNc1ccc(F)c(NS(C)(=O)=O)c1. The molecule has 0 bridgehead atoms. The number of aliphatic hydroxyl groups excluding tert-OH is 1. The van der Waals surface area contributed by atoms with E-state index < -0.39 is 15.8 Å². The van der Waals surface area contributed by atoms with Crippen molar-refractivity contribution in [1.82, 2.24) is 0 Å². The molecule has 0 saturated carbocycles. The van der Waals surface area contributed by atoms with Gasteiger partial charge in [-0.05, 0) is 18.2 Å². The second-order valence-corrected chi connectivity index (χ2v) is 6.99. The number of aliphatic hydroxyl groups is 1. The monoisotopic (exact) mass is 290 g/mol. The summed E-state index contributed by atoms with van der Waals surface area (Å²) in [4.78, 5) is 0. The van der Waals surface area contributed by atoms with Crippen LogP contribution in [-0.2, 0) is 10.0 Å². The molecule has 0 amide bonds. The molecule has 1 aromatic rings. The van der Waals surface area contributed by atoms with Gasteiger partial charge in [-0.25, -0.2) is 12.8 Å². The summed E-state index contributed by atoms with van der Waals surface area (Å²) in [6, 6.07) is 4.07. The molecule has 0 atom stereocenters. The van der Waals surface area contributed by atoms with Gasteiger partial charge in [-0.1, -0.05) is 13.8 Å². The van der Waals surface area contributed by atoms with Crippen LogP contribution in [0.3, 0.4) is 0 Å². The van der Waals surface area contributed by atoms with Gasteiger partial charge in [0.2, 0.25) is 10.0 Å². The first-order chi connectivity index (χ1) is 8.63. The molecular weight excluding hydrogens is 271 g/mol. The summed E-state index contributed by atoms with van der Waals surface area (Å²) in [6.07, 6.45) is 0.960. The van der Waals surface area contributed by atoms with E-state index in [1.807, 2.05) is 13.8 Å². The minimum absolute atomic E-state index is 0.00956. The van der Waals surface area contributed by atoms with Gasteiger partial charge >= 0.3 is 0 Å². The Labute approximate surface area is 112 Å². The molecule has 1 rings (SSSR count). The quantitative estimate of drug-likeness (QED) is 0.744. The number of anilines is 2. The summed E-state index contributed by atoms with van der Waals surface area (Å²) in [7, 11) is -3.52. The number of nitrogens with one attached hydrogen (secondary N) is 2. The molecule has 1 aromatic carbocycles. The van der Waals surface area contributed by atoms with Crippen LogP contribution >= 0.6 is 0 Å². The third kappa shape index (κ3) is 5.44. The van der Waals surface area contributed by atoms with Crippen molar-refractivity contribution >= 4 is 21.4 Å². The third-order valence-electron chi connectivity index (χ3n) is 2.46. The fraction of sp³-hybridized carbons (Fsp3) is 0.500. The van der Waals surface area contributed by atoms with Crippen molar-refractivity contribution in [2.45, 2.75) is 13.8 Å². The largest absolute Gasteiger partial charge is 0.396 e. The highest BCUT2D eigenvalue weighted by molar-refractivity contribution is 7.92. The summed E-state index contributed by atoms with van der Waals surface area (Å²) in [5.41, 5.74) is 0.155. The molecule has 7 heteroatoms. The van der Waals surface area contributed by atoms with Crippen LogP contribution in [0.25, 0.3) is 0 Å². The second-order valence-electron chi connectivity index (χ2n) is 5.24. The molecule has 0 heterocycles. The summed E-state index contributed by atoms with van der Waals surface area (Å²) in [5, 5.41) is 12.2. The summed E-state index contributed by atoms with van der Waals surface area (Å²) < 4.78 is 37.7. The Hall–Kier alpha value is -1.34. The second kappa shape index (κ2) is 5.75. The zero-order chi connectivity index (χ0) is 14.7. The highest BCUT2D eigenvalue weighted by Gasteiger charge is 2.16. The van der Waals surface area contributed by atoms with E-state index >= 15 is 0 Å². The topological polar surface area (TPSA) is 78.4 Å². The normalized spacial score (nSPS) is 12.3. The standard InChI is InChI=1S/C12H19FN2O3S/c1-12(2,8-16)7-14-9-4-5-10(13)11(6-9)15-19(3,17)18/h4-6,14-16H,7-8H2,1-3H3. The van der Waals surface area contributed by atoms with Crippen molar-refractivity contribution in [3.8, 4) is 0 Å². The Balaban J connectivity index is 2.85. The molecule has 0 aromatic heterocycles. The zero-order valence-corrected chi connectivity index (χ0v) is 12.0. The van der Waals surface area contributed by atoms with Crippen LogP contribution in [0.2, 0.25) is 0 Å². The van der Waals surface area contributed by atoms with E-state index in [-0.39, 0.29) is 17.7 Å². The molecule has 3 N–H and O–H groups in total. The first kappa shape index (κ1) is 15.7. The van der Waals surface area contributed by atoms with Crippen molar-refractivity contribution < 1.29 is 17.9 Å². The lowest BCUT2D eigenvalue weighted by molar-refractivity contribution is 0.171. The number of rotatable bonds is 6. The molecule has 5 nitrogen and oxygen atoms in total. The maximum Gasteiger partial charge on any atom is 0.229 e. The first-order valence-corrected chi connectivity index (χ1v) is 7.64. The maximum atomic E-state index is 13.4. The van der Waals surface area contributed by atoms with Crippen LogP contribution in [0.15, 0.2) is 18.2 Å². The Morgan fingerprint density at radius 3 is 2.53 bits per heavy atom. The van der Waals surface area contributed by atoms with Gasteiger partial charge in [-0.3, -0.25) is 4.72 Å². The smallest absolute Gasteiger partial charge is 0.229 e. The minimum Gasteiger partial charge on any atom is -0.396 e. The van der Waals surface area contributed by atoms with E-state index in [0.29, 0.717) is 12.2 Å². The number of benzene rings is 1. The molecular formula is C12H19FN2O3S. The fourth-order valence-corrected chi connectivity index (χ4v) is 1.87. The average molecular weight is 290 g/mol. The van der Waals surface area contributed by atoms with Gasteiger partial charge in [-0.2, -0.15) is 0 Å². The molecule has 0 radical (unpaired) electrons. The number of sulfonamides is 1. The van der Waals surface area contributed by atoms with Crippen LogP contribution in [0.5, 0.6) is 0 Å². The van der Waals surface area contributed by atoms with Gasteiger partial charge < -0.3 is 10.4 Å². The van der Waals surface area contributed by atoms with E-state index in [4.69, 9.17) is 5.11 Å². The van der Waals surface area contributed by atoms with Crippen LogP contribution in [-0.4, -0.2) is 32.9 Å². The molecule has 0 saturated heterocycles. The first-order valence-electron chi connectivity index (χ1n) is 5.75. The predicted molar refractivity (Wildman–Crippen MR) is 74.2 cm³/mol. The van der Waals surface area contributed by atoms with Crippen LogP contribution < -0.4 is 10.0 Å². The minimum atomic E-state index is -3.52. The van der Waals surface area contributed by atoms with Crippen molar-refractivity contribution in [2.75, 3.05) is 29.4 Å². The highest BCUT2D eigenvalue weighted by atomic mass is 32.2. The van der Waals surface area contributed by atoms with E-state index in [2.05, 4.69) is 10.0 Å². The molecule has 19 heavy (non-hydrogen) atoms. The van der Waals surface area contributed by atoms with E-state index in [1.54, 1.807) is 0 Å². The molecule has 0 fully saturated rings. The summed E-state index contributed by atoms with van der Waals surface area (Å²) >= 11 is 0. The van der Waals surface area contributed by atoms with Crippen molar-refractivity contribution in [2.24, 2.45) is 5.41 Å². The van der Waals surface area contributed by atoms with E-state index in [1.165, 1.54) is 18.2 Å². The number of hydrogen-bond acceptors (Lipinski definition) is 4. The molecule has 0 aliphatic rings. The van der Waals surface area contributed by atoms with Gasteiger partial charge in [0.15, 0.2) is 0 Å². The van der Waals surface area contributed by atoms with Crippen LogP contribution in [0.4, 0.5) is 15.8 Å². The lowest BCUT2D eigenvalue weighted by atomic mass is 9.95. The molecule has 0 aliphatic carbocycles. The molecule has 0 aliphatic heterocycles. The summed E-state index contributed by atoms with van der Waals surface area (Å²) in [5.74, 6) is -0.641. The Morgan fingerprint density at radius 1 is 1.37 bits per heavy atom. The molecule has 0 spiro atoms. The van der Waals surface area contributed by atoms with Crippen molar-refractivity contribution in [3.63, 3.8) is 0 Å². The Bertz CT molecular complexity index is 544. The van der Waals surface area contributed by atoms with Crippen LogP contribution in [0, 0.1) is 11.2 Å². The maximum absolute atomic E-state index is 13.4. The zero-order valence-electron chi connectivity index (χ0n) is 11.2. The fourth-order valence-electron chi connectivity index (χ4n) is 1.31. The average Bonchev–Trinajstić information content (AvgIpc) is 2.28. The van der Waals surface area contributed by atoms with Gasteiger partial charge in [0, 0.05) is 24.3 Å². The van der Waals surface area contributed by atoms with Crippen LogP contribution in [0.1, 0.15) is 13.8 Å². The Morgan fingerprint density at radius 2 is 2.00 bits per heavy atom. The van der Waals surface area contributed by atoms with E-state index in [0.717, 1.165) is 6.26 Å².